The molecule has 0 unspecified atom stereocenters. The molecular formula is C8H11FO2. The van der Waals surface area contributed by atoms with Gasteiger partial charge in [-0.2, -0.15) is 0 Å². The molecule has 0 heterocycles. The van der Waals surface area contributed by atoms with Gasteiger partial charge in [0.05, 0.1) is 0 Å². The highest BCUT2D eigenvalue weighted by molar-refractivity contribution is 5.31. The van der Waals surface area contributed by atoms with Crippen LogP contribution in [-0.4, -0.2) is 10.2 Å². The Morgan fingerprint density at radius 3 is 2.09 bits per heavy atom. The van der Waals surface area contributed by atoms with Crippen molar-refractivity contribution in [1.29, 1.82) is 0 Å². The predicted molar refractivity (Wildman–Crippen MR) is 41.1 cm³/mol. The van der Waals surface area contributed by atoms with Gasteiger partial charge in [-0.15, -0.1) is 0 Å². The van der Waals surface area contributed by atoms with Gasteiger partial charge in [0.2, 0.25) is 0 Å². The second kappa shape index (κ2) is 4.55. The highest BCUT2D eigenvalue weighted by Gasteiger charge is 1.97. The Hall–Kier alpha value is -1.25. The topological polar surface area (TPSA) is 40.5 Å². The van der Waals surface area contributed by atoms with Gasteiger partial charge >= 0.3 is 0 Å². The zero-order valence-corrected chi connectivity index (χ0v) is 6.50. The molecule has 62 valence electrons. The van der Waals surface area contributed by atoms with E-state index < -0.39 is 11.6 Å². The quantitative estimate of drug-likeness (QED) is 0.608. The summed E-state index contributed by atoms with van der Waals surface area (Å²) < 4.78 is 12.1. The van der Waals surface area contributed by atoms with Crippen molar-refractivity contribution in [3.05, 3.63) is 24.0 Å². The van der Waals surface area contributed by atoms with E-state index in [0.717, 1.165) is 18.2 Å². The standard InChI is InChI=1S/C6H5FO2.C2H6/c7-5-2-1-4(8)3-6(5)9;1-2/h1-3,8-9H;1-2H3. The predicted octanol–water partition coefficient (Wildman–Crippen LogP) is 2.26. The summed E-state index contributed by atoms with van der Waals surface area (Å²) in [6, 6.07) is 3.09. The van der Waals surface area contributed by atoms with Crippen LogP contribution in [0, 0.1) is 5.82 Å². The van der Waals surface area contributed by atoms with Crippen LogP contribution in [0.15, 0.2) is 18.2 Å². The van der Waals surface area contributed by atoms with E-state index >= 15 is 0 Å². The molecule has 0 atom stereocenters. The average Bonchev–Trinajstić information content (AvgIpc) is 2.02. The molecule has 2 N–H and O–H groups in total. The second-order valence-corrected chi connectivity index (χ2v) is 1.64. The minimum Gasteiger partial charge on any atom is -0.508 e. The second-order valence-electron chi connectivity index (χ2n) is 1.64. The number of phenolic OH excluding ortho intramolecular Hbond substituents is 2. The summed E-state index contributed by atoms with van der Waals surface area (Å²) in [5.41, 5.74) is 0. The van der Waals surface area contributed by atoms with Crippen molar-refractivity contribution in [2.24, 2.45) is 0 Å². The van der Waals surface area contributed by atoms with Crippen LogP contribution in [0.3, 0.4) is 0 Å². The molecule has 0 fully saturated rings. The minimum atomic E-state index is -0.729. The largest absolute Gasteiger partial charge is 0.508 e. The van der Waals surface area contributed by atoms with Crippen molar-refractivity contribution >= 4 is 0 Å². The molecule has 3 heteroatoms. The van der Waals surface area contributed by atoms with E-state index in [9.17, 15) is 4.39 Å². The number of hydrogen-bond donors (Lipinski definition) is 2. The summed E-state index contributed by atoms with van der Waals surface area (Å²) in [5.74, 6) is -1.41. The van der Waals surface area contributed by atoms with Crippen molar-refractivity contribution in [2.45, 2.75) is 13.8 Å². The van der Waals surface area contributed by atoms with Gasteiger partial charge in [-0.25, -0.2) is 4.39 Å². The van der Waals surface area contributed by atoms with Crippen LogP contribution in [0.2, 0.25) is 0 Å². The van der Waals surface area contributed by atoms with E-state index in [1.807, 2.05) is 13.8 Å². The Morgan fingerprint density at radius 1 is 1.18 bits per heavy atom. The van der Waals surface area contributed by atoms with Gasteiger partial charge < -0.3 is 10.2 Å². The molecule has 0 spiro atoms. The van der Waals surface area contributed by atoms with E-state index in [1.165, 1.54) is 0 Å². The zero-order valence-electron chi connectivity index (χ0n) is 6.50. The monoisotopic (exact) mass is 158 g/mol. The van der Waals surface area contributed by atoms with Crippen LogP contribution < -0.4 is 0 Å². The number of hydrogen-bond acceptors (Lipinski definition) is 2. The molecule has 2 nitrogen and oxygen atoms in total. The van der Waals surface area contributed by atoms with E-state index in [4.69, 9.17) is 10.2 Å². The number of halogens is 1. The van der Waals surface area contributed by atoms with Crippen molar-refractivity contribution in [3.8, 4) is 11.5 Å². The molecule has 0 aliphatic heterocycles. The third kappa shape index (κ3) is 2.89. The Kier molecular flexibility index (Phi) is 4.03. The van der Waals surface area contributed by atoms with Crippen LogP contribution >= 0.6 is 0 Å². The zero-order chi connectivity index (χ0) is 8.85. The summed E-state index contributed by atoms with van der Waals surface area (Å²) >= 11 is 0. The van der Waals surface area contributed by atoms with Crippen molar-refractivity contribution in [2.75, 3.05) is 0 Å². The highest BCUT2D eigenvalue weighted by atomic mass is 19.1. The summed E-state index contributed by atoms with van der Waals surface area (Å²) in [6.45, 7) is 4.00. The lowest BCUT2D eigenvalue weighted by atomic mass is 10.3. The molecule has 1 rings (SSSR count). The fourth-order valence-corrected chi connectivity index (χ4v) is 0.501. The van der Waals surface area contributed by atoms with Gasteiger partial charge in [-0.05, 0) is 12.1 Å². The summed E-state index contributed by atoms with van der Waals surface area (Å²) in [4.78, 5) is 0. The first-order valence-corrected chi connectivity index (χ1v) is 3.37. The summed E-state index contributed by atoms with van der Waals surface area (Å²) in [5, 5.41) is 17.2. The number of aromatic hydroxyl groups is 2. The molecule has 1 aromatic rings. The maximum atomic E-state index is 12.1. The molecule has 0 amide bonds. The van der Waals surface area contributed by atoms with Crippen molar-refractivity contribution in [1.82, 2.24) is 0 Å². The minimum absolute atomic E-state index is 0.145. The smallest absolute Gasteiger partial charge is 0.165 e. The molecule has 0 saturated carbocycles. The number of rotatable bonds is 0. The maximum Gasteiger partial charge on any atom is 0.165 e. The van der Waals surface area contributed by atoms with E-state index in [0.29, 0.717) is 0 Å². The highest BCUT2D eigenvalue weighted by Crippen LogP contribution is 2.19. The normalized spacial score (nSPS) is 8.27. The molecule has 11 heavy (non-hydrogen) atoms. The Balaban J connectivity index is 0.000000461. The molecule has 0 aliphatic rings. The van der Waals surface area contributed by atoms with Crippen LogP contribution in [0.1, 0.15) is 13.8 Å². The van der Waals surface area contributed by atoms with E-state index in [1.54, 1.807) is 0 Å². The molecule has 0 radical (unpaired) electrons. The van der Waals surface area contributed by atoms with Gasteiger partial charge in [0.15, 0.2) is 11.6 Å². The first-order chi connectivity index (χ1) is 5.20. The summed E-state index contributed by atoms with van der Waals surface area (Å²) in [7, 11) is 0. The lowest BCUT2D eigenvalue weighted by molar-refractivity contribution is 0.419. The molecule has 0 aromatic heterocycles. The van der Waals surface area contributed by atoms with Crippen LogP contribution in [0.4, 0.5) is 4.39 Å². The summed E-state index contributed by atoms with van der Waals surface area (Å²) in [6.07, 6.45) is 0. The van der Waals surface area contributed by atoms with Crippen LogP contribution in [0.25, 0.3) is 0 Å². The van der Waals surface area contributed by atoms with Gasteiger partial charge in [0.25, 0.3) is 0 Å². The fourth-order valence-electron chi connectivity index (χ4n) is 0.501. The van der Waals surface area contributed by atoms with Crippen molar-refractivity contribution < 1.29 is 14.6 Å². The Morgan fingerprint density at radius 2 is 1.73 bits per heavy atom. The molecule has 0 saturated heterocycles. The Labute approximate surface area is 64.9 Å². The van der Waals surface area contributed by atoms with Gasteiger partial charge in [0.1, 0.15) is 5.75 Å². The molecule has 0 bridgehead atoms. The first kappa shape index (κ1) is 9.75. The van der Waals surface area contributed by atoms with Crippen molar-refractivity contribution in [3.63, 3.8) is 0 Å². The third-order valence-electron chi connectivity index (χ3n) is 0.930. The van der Waals surface area contributed by atoms with Crippen LogP contribution in [0.5, 0.6) is 11.5 Å². The average molecular weight is 158 g/mol. The van der Waals surface area contributed by atoms with E-state index in [-0.39, 0.29) is 5.75 Å². The molecule has 0 aliphatic carbocycles. The lowest BCUT2D eigenvalue weighted by Gasteiger charge is -1.93. The number of phenols is 2. The number of benzene rings is 1. The molecule has 1 aromatic carbocycles. The maximum absolute atomic E-state index is 12.1. The van der Waals surface area contributed by atoms with Gasteiger partial charge in [-0.1, -0.05) is 13.8 Å². The fraction of sp³-hybridized carbons (Fsp3) is 0.250. The van der Waals surface area contributed by atoms with Gasteiger partial charge in [0, 0.05) is 6.07 Å². The van der Waals surface area contributed by atoms with Gasteiger partial charge in [-0.3, -0.25) is 0 Å². The third-order valence-corrected chi connectivity index (χ3v) is 0.930. The van der Waals surface area contributed by atoms with E-state index in [2.05, 4.69) is 0 Å². The Bertz CT molecular complexity index is 223. The van der Waals surface area contributed by atoms with Crippen LogP contribution in [-0.2, 0) is 0 Å². The lowest BCUT2D eigenvalue weighted by Crippen LogP contribution is -1.72. The SMILES string of the molecule is CC.Oc1ccc(F)c(O)c1. The molecular weight excluding hydrogens is 147 g/mol. The first-order valence-electron chi connectivity index (χ1n) is 3.37.